The van der Waals surface area contributed by atoms with Gasteiger partial charge in [0.2, 0.25) is 5.91 Å². The largest absolute Gasteiger partial charge is 0.338 e. The molecule has 10 nitrogen and oxygen atoms in total. The van der Waals surface area contributed by atoms with Crippen molar-refractivity contribution in [2.24, 2.45) is 0 Å². The van der Waals surface area contributed by atoms with Crippen molar-refractivity contribution >= 4 is 35.0 Å². The summed E-state index contributed by atoms with van der Waals surface area (Å²) >= 11 is 5.99. The van der Waals surface area contributed by atoms with Crippen molar-refractivity contribution in [1.29, 1.82) is 0 Å². The van der Waals surface area contributed by atoms with E-state index in [9.17, 15) is 24.5 Å². The second-order valence-corrected chi connectivity index (χ2v) is 8.89. The van der Waals surface area contributed by atoms with Crippen LogP contribution in [0.15, 0.2) is 42.5 Å². The number of fused-ring (bicyclic) bond motifs is 2. The first kappa shape index (κ1) is 22.7. The molecule has 3 amide bonds. The zero-order valence-electron chi connectivity index (χ0n) is 18.5. The van der Waals surface area contributed by atoms with Gasteiger partial charge < -0.3 is 4.90 Å². The maximum Gasteiger partial charge on any atom is 0.270 e. The van der Waals surface area contributed by atoms with Crippen LogP contribution >= 0.6 is 11.6 Å². The molecular formula is C24H20ClN5O5. The molecule has 0 atom stereocenters. The first-order valence-corrected chi connectivity index (χ1v) is 11.5. The minimum absolute atomic E-state index is 0.0220. The Hall–Kier alpha value is -4.05. The average Bonchev–Trinajstić information content (AvgIpc) is 3.38. The normalized spacial score (nSPS) is 14.8. The molecule has 0 aliphatic carbocycles. The summed E-state index contributed by atoms with van der Waals surface area (Å²) in [5.74, 6) is -1.15. The summed E-state index contributed by atoms with van der Waals surface area (Å²) in [5, 5.41) is 19.1. The predicted molar refractivity (Wildman–Crippen MR) is 126 cm³/mol. The lowest BCUT2D eigenvalue weighted by Crippen LogP contribution is -2.37. The van der Waals surface area contributed by atoms with E-state index in [-0.39, 0.29) is 35.7 Å². The quantitative estimate of drug-likeness (QED) is 0.317. The lowest BCUT2D eigenvalue weighted by atomic mass is 10.0. The SMILES string of the molecule is O=C(CCCN1C(=O)c2ccc([N+](=O)[O-])cc2C1=O)N1CCc2[nH]nc(-c3ccc(Cl)cc3)c2C1. The van der Waals surface area contributed by atoms with E-state index in [1.807, 2.05) is 12.1 Å². The Morgan fingerprint density at radius 2 is 1.86 bits per heavy atom. The highest BCUT2D eigenvalue weighted by Gasteiger charge is 2.36. The number of nitro benzene ring substituents is 1. The van der Waals surface area contributed by atoms with E-state index in [1.165, 1.54) is 12.1 Å². The van der Waals surface area contributed by atoms with Crippen LogP contribution in [0.2, 0.25) is 5.02 Å². The van der Waals surface area contributed by atoms with Gasteiger partial charge in [-0.1, -0.05) is 23.7 Å². The molecule has 0 radical (unpaired) electrons. The number of nitrogens with one attached hydrogen (secondary N) is 1. The second-order valence-electron chi connectivity index (χ2n) is 8.45. The molecule has 2 aliphatic rings. The summed E-state index contributed by atoms with van der Waals surface area (Å²) in [6.07, 6.45) is 1.11. The number of halogens is 1. The number of H-pyrrole nitrogens is 1. The van der Waals surface area contributed by atoms with Crippen molar-refractivity contribution in [2.45, 2.75) is 25.8 Å². The molecule has 3 aromatic rings. The highest BCUT2D eigenvalue weighted by Crippen LogP contribution is 2.30. The maximum absolute atomic E-state index is 12.9. The van der Waals surface area contributed by atoms with Crippen LogP contribution in [0, 0.1) is 10.1 Å². The zero-order chi connectivity index (χ0) is 24.7. The van der Waals surface area contributed by atoms with Gasteiger partial charge in [-0.2, -0.15) is 5.10 Å². The Bertz CT molecular complexity index is 1370. The third-order valence-corrected chi connectivity index (χ3v) is 6.59. The van der Waals surface area contributed by atoms with Crippen molar-refractivity contribution < 1.29 is 19.3 Å². The second kappa shape index (κ2) is 8.95. The van der Waals surface area contributed by atoms with Crippen LogP contribution in [-0.4, -0.2) is 55.7 Å². The minimum Gasteiger partial charge on any atom is -0.338 e. The van der Waals surface area contributed by atoms with Gasteiger partial charge in [0.25, 0.3) is 17.5 Å². The van der Waals surface area contributed by atoms with E-state index in [2.05, 4.69) is 10.2 Å². The molecule has 11 heteroatoms. The van der Waals surface area contributed by atoms with E-state index < -0.39 is 16.7 Å². The lowest BCUT2D eigenvalue weighted by Gasteiger charge is -2.27. The Morgan fingerprint density at radius 3 is 2.60 bits per heavy atom. The number of hydrogen-bond donors (Lipinski definition) is 1. The standard InChI is InChI=1S/C24H20ClN5O5/c25-15-5-3-14(4-6-15)22-19-13-28(11-9-20(19)26-27-22)21(31)2-1-10-29-23(32)17-8-7-16(30(34)35)12-18(17)24(29)33/h3-8,12H,1-2,9-11,13H2,(H,26,27). The molecule has 0 spiro atoms. The van der Waals surface area contributed by atoms with Gasteiger partial charge in [-0.15, -0.1) is 0 Å². The summed E-state index contributed by atoms with van der Waals surface area (Å²) in [6.45, 7) is 1.02. The summed E-state index contributed by atoms with van der Waals surface area (Å²) in [5.41, 5.74) is 3.58. The van der Waals surface area contributed by atoms with Gasteiger partial charge in [-0.25, -0.2) is 0 Å². The Labute approximate surface area is 204 Å². The van der Waals surface area contributed by atoms with Crippen molar-refractivity contribution in [2.75, 3.05) is 13.1 Å². The van der Waals surface area contributed by atoms with Crippen LogP contribution in [0.3, 0.4) is 0 Å². The molecule has 5 rings (SSSR count). The fourth-order valence-corrected chi connectivity index (χ4v) is 4.62. The first-order chi connectivity index (χ1) is 16.8. The number of carbonyl (C=O) groups is 3. The molecule has 2 aliphatic heterocycles. The monoisotopic (exact) mass is 493 g/mol. The third kappa shape index (κ3) is 4.17. The Balaban J connectivity index is 1.21. The fourth-order valence-electron chi connectivity index (χ4n) is 4.50. The number of aromatic nitrogens is 2. The molecule has 0 saturated carbocycles. The highest BCUT2D eigenvalue weighted by atomic mass is 35.5. The highest BCUT2D eigenvalue weighted by molar-refractivity contribution is 6.30. The number of hydrogen-bond acceptors (Lipinski definition) is 6. The molecule has 3 heterocycles. The van der Waals surface area contributed by atoms with Crippen LogP contribution in [-0.2, 0) is 17.8 Å². The van der Waals surface area contributed by atoms with Gasteiger partial charge in [0, 0.05) is 66.5 Å². The van der Waals surface area contributed by atoms with E-state index in [4.69, 9.17) is 11.6 Å². The number of nitro groups is 1. The van der Waals surface area contributed by atoms with E-state index in [0.29, 0.717) is 31.0 Å². The number of carbonyl (C=O) groups excluding carboxylic acids is 3. The molecule has 2 aromatic carbocycles. The molecule has 178 valence electrons. The lowest BCUT2D eigenvalue weighted by molar-refractivity contribution is -0.384. The predicted octanol–water partition coefficient (Wildman–Crippen LogP) is 3.60. The van der Waals surface area contributed by atoms with Gasteiger partial charge in [-0.3, -0.25) is 34.5 Å². The topological polar surface area (TPSA) is 130 Å². The first-order valence-electron chi connectivity index (χ1n) is 11.1. The summed E-state index contributed by atoms with van der Waals surface area (Å²) in [6, 6.07) is 11.0. The van der Waals surface area contributed by atoms with Crippen LogP contribution in [0.25, 0.3) is 11.3 Å². The summed E-state index contributed by atoms with van der Waals surface area (Å²) in [4.78, 5) is 51.3. The number of aromatic amines is 1. The van der Waals surface area contributed by atoms with E-state index in [1.54, 1.807) is 17.0 Å². The van der Waals surface area contributed by atoms with Crippen LogP contribution in [0.5, 0.6) is 0 Å². The Morgan fingerprint density at radius 1 is 1.11 bits per heavy atom. The molecule has 1 N–H and O–H groups in total. The smallest absolute Gasteiger partial charge is 0.270 e. The zero-order valence-corrected chi connectivity index (χ0v) is 19.2. The molecule has 0 unspecified atom stereocenters. The number of nitrogens with zero attached hydrogens (tertiary/aromatic N) is 4. The van der Waals surface area contributed by atoms with Crippen molar-refractivity contribution in [3.05, 3.63) is 80.0 Å². The van der Waals surface area contributed by atoms with Gasteiger partial charge in [0.1, 0.15) is 0 Å². The van der Waals surface area contributed by atoms with E-state index >= 15 is 0 Å². The van der Waals surface area contributed by atoms with Crippen molar-refractivity contribution in [3.8, 4) is 11.3 Å². The van der Waals surface area contributed by atoms with Gasteiger partial charge >= 0.3 is 0 Å². The summed E-state index contributed by atoms with van der Waals surface area (Å²) in [7, 11) is 0. The van der Waals surface area contributed by atoms with Crippen LogP contribution in [0.1, 0.15) is 44.8 Å². The number of imide groups is 1. The average molecular weight is 494 g/mol. The third-order valence-electron chi connectivity index (χ3n) is 6.34. The van der Waals surface area contributed by atoms with Crippen molar-refractivity contribution in [1.82, 2.24) is 20.0 Å². The van der Waals surface area contributed by atoms with Crippen LogP contribution in [0.4, 0.5) is 5.69 Å². The molecule has 0 bridgehead atoms. The van der Waals surface area contributed by atoms with Gasteiger partial charge in [0.05, 0.1) is 21.7 Å². The number of benzene rings is 2. The minimum atomic E-state index is -0.609. The van der Waals surface area contributed by atoms with Gasteiger partial charge in [0.15, 0.2) is 0 Å². The van der Waals surface area contributed by atoms with Crippen molar-refractivity contribution in [3.63, 3.8) is 0 Å². The maximum atomic E-state index is 12.9. The number of rotatable bonds is 6. The number of non-ortho nitro benzene ring substituents is 1. The van der Waals surface area contributed by atoms with E-state index in [0.717, 1.165) is 33.5 Å². The summed E-state index contributed by atoms with van der Waals surface area (Å²) < 4.78 is 0. The molecular weight excluding hydrogens is 474 g/mol. The molecule has 35 heavy (non-hydrogen) atoms. The molecule has 0 fully saturated rings. The fraction of sp³-hybridized carbons (Fsp3) is 0.250. The van der Waals surface area contributed by atoms with Gasteiger partial charge in [-0.05, 0) is 24.6 Å². The molecule has 1 aromatic heterocycles. The van der Waals surface area contributed by atoms with Crippen LogP contribution < -0.4 is 0 Å². The number of amides is 3. The molecule has 0 saturated heterocycles. The Kier molecular flexibility index (Phi) is 5.81.